The fourth-order valence-corrected chi connectivity index (χ4v) is 4.35. The standard InChI is InChI=1S/C19H25N3O2/c1-21-16-12-13(18(23)20-14-6-2-3-7-14)9-10-15(16)19(24)22-11-5-4-8-17(21)22/h9-10,12,14,17H,2-8,11H2,1H3,(H,20,23)/t17-/m0/s1. The maximum Gasteiger partial charge on any atom is 0.257 e. The Kier molecular flexibility index (Phi) is 3.94. The Hall–Kier alpha value is -2.04. The molecule has 1 saturated heterocycles. The van der Waals surface area contributed by atoms with Crippen LogP contribution in [-0.4, -0.2) is 42.5 Å². The minimum absolute atomic E-state index is 0.0170. The average molecular weight is 327 g/mol. The van der Waals surface area contributed by atoms with Crippen LogP contribution in [0.3, 0.4) is 0 Å². The summed E-state index contributed by atoms with van der Waals surface area (Å²) in [6.07, 6.45) is 7.90. The van der Waals surface area contributed by atoms with Crippen LogP contribution in [0.1, 0.15) is 65.7 Å². The highest BCUT2D eigenvalue weighted by Gasteiger charge is 2.37. The van der Waals surface area contributed by atoms with Crippen molar-refractivity contribution in [3.8, 4) is 0 Å². The highest BCUT2D eigenvalue weighted by molar-refractivity contribution is 6.04. The van der Waals surface area contributed by atoms with Gasteiger partial charge in [0.2, 0.25) is 0 Å². The molecule has 5 nitrogen and oxygen atoms in total. The van der Waals surface area contributed by atoms with E-state index in [1.165, 1.54) is 12.8 Å². The van der Waals surface area contributed by atoms with Crippen LogP contribution in [0.5, 0.6) is 0 Å². The smallest absolute Gasteiger partial charge is 0.257 e. The van der Waals surface area contributed by atoms with E-state index in [0.29, 0.717) is 17.2 Å². The lowest BCUT2D eigenvalue weighted by Gasteiger charge is -2.46. The molecule has 1 atom stereocenters. The van der Waals surface area contributed by atoms with Gasteiger partial charge in [-0.1, -0.05) is 12.8 Å². The third kappa shape index (κ3) is 2.56. The number of rotatable bonds is 2. The monoisotopic (exact) mass is 327 g/mol. The van der Waals surface area contributed by atoms with E-state index in [1.807, 2.05) is 24.1 Å². The highest BCUT2D eigenvalue weighted by Crippen LogP contribution is 2.34. The zero-order valence-electron chi connectivity index (χ0n) is 14.3. The van der Waals surface area contributed by atoms with Crippen molar-refractivity contribution in [2.24, 2.45) is 0 Å². The van der Waals surface area contributed by atoms with Crippen LogP contribution in [0.4, 0.5) is 5.69 Å². The number of piperidine rings is 1. The zero-order chi connectivity index (χ0) is 16.7. The van der Waals surface area contributed by atoms with Crippen molar-refractivity contribution in [1.29, 1.82) is 0 Å². The molecular formula is C19H25N3O2. The summed E-state index contributed by atoms with van der Waals surface area (Å²) >= 11 is 0. The Balaban J connectivity index is 1.61. The fourth-order valence-electron chi connectivity index (χ4n) is 4.35. The molecule has 1 aromatic carbocycles. The summed E-state index contributed by atoms with van der Waals surface area (Å²) in [5.41, 5.74) is 2.26. The number of carbonyl (C=O) groups excluding carboxylic acids is 2. The second-order valence-electron chi connectivity index (χ2n) is 7.27. The molecule has 2 amide bonds. The number of anilines is 1. The van der Waals surface area contributed by atoms with Gasteiger partial charge in [-0.25, -0.2) is 0 Å². The lowest BCUT2D eigenvalue weighted by molar-refractivity contribution is 0.0589. The first-order chi connectivity index (χ1) is 11.6. The average Bonchev–Trinajstić information content (AvgIpc) is 3.12. The van der Waals surface area contributed by atoms with Crippen molar-refractivity contribution in [1.82, 2.24) is 10.2 Å². The van der Waals surface area contributed by atoms with E-state index in [0.717, 1.165) is 44.3 Å². The van der Waals surface area contributed by atoms with Gasteiger partial charge in [-0.3, -0.25) is 9.59 Å². The van der Waals surface area contributed by atoms with E-state index < -0.39 is 0 Å². The number of carbonyl (C=O) groups is 2. The molecule has 5 heteroatoms. The van der Waals surface area contributed by atoms with Crippen molar-refractivity contribution in [3.05, 3.63) is 29.3 Å². The van der Waals surface area contributed by atoms with Gasteiger partial charge in [-0.2, -0.15) is 0 Å². The van der Waals surface area contributed by atoms with Crippen LogP contribution in [0.2, 0.25) is 0 Å². The third-order valence-corrected chi connectivity index (χ3v) is 5.74. The van der Waals surface area contributed by atoms with E-state index in [1.54, 1.807) is 6.07 Å². The number of hydrogen-bond acceptors (Lipinski definition) is 3. The second-order valence-corrected chi connectivity index (χ2v) is 7.27. The van der Waals surface area contributed by atoms with Gasteiger partial charge in [0, 0.05) is 25.2 Å². The summed E-state index contributed by atoms with van der Waals surface area (Å²) in [5, 5.41) is 3.13. The molecule has 0 aromatic heterocycles. The topological polar surface area (TPSA) is 52.7 Å². The maximum absolute atomic E-state index is 12.8. The number of fused-ring (bicyclic) bond motifs is 2. The number of hydrogen-bond donors (Lipinski definition) is 1. The summed E-state index contributed by atoms with van der Waals surface area (Å²) in [5.74, 6) is 0.0900. The summed E-state index contributed by atoms with van der Waals surface area (Å²) in [6, 6.07) is 5.81. The van der Waals surface area contributed by atoms with Crippen LogP contribution < -0.4 is 10.2 Å². The van der Waals surface area contributed by atoms with Gasteiger partial charge >= 0.3 is 0 Å². The first-order valence-electron chi connectivity index (χ1n) is 9.14. The number of amides is 2. The molecule has 1 saturated carbocycles. The Morgan fingerprint density at radius 1 is 1.12 bits per heavy atom. The molecule has 3 aliphatic rings. The molecule has 0 spiro atoms. The quantitative estimate of drug-likeness (QED) is 0.909. The molecule has 1 aromatic rings. The van der Waals surface area contributed by atoms with Gasteiger partial charge in [-0.05, 0) is 50.3 Å². The van der Waals surface area contributed by atoms with Crippen molar-refractivity contribution in [3.63, 3.8) is 0 Å². The van der Waals surface area contributed by atoms with E-state index in [-0.39, 0.29) is 18.0 Å². The number of benzene rings is 1. The molecule has 24 heavy (non-hydrogen) atoms. The predicted octanol–water partition coefficient (Wildman–Crippen LogP) is 2.76. The number of nitrogens with one attached hydrogen (secondary N) is 1. The first kappa shape index (κ1) is 15.5. The zero-order valence-corrected chi connectivity index (χ0v) is 14.3. The molecule has 2 heterocycles. The second kappa shape index (κ2) is 6.11. The fraction of sp³-hybridized carbons (Fsp3) is 0.579. The summed E-state index contributed by atoms with van der Waals surface area (Å²) in [6.45, 7) is 0.831. The van der Waals surface area contributed by atoms with E-state index in [2.05, 4.69) is 10.2 Å². The molecule has 2 fully saturated rings. The summed E-state index contributed by atoms with van der Waals surface area (Å²) < 4.78 is 0. The molecule has 0 unspecified atom stereocenters. The molecule has 1 N–H and O–H groups in total. The first-order valence-corrected chi connectivity index (χ1v) is 9.14. The van der Waals surface area contributed by atoms with Crippen molar-refractivity contribution in [2.45, 2.75) is 57.2 Å². The highest BCUT2D eigenvalue weighted by atomic mass is 16.2. The number of nitrogens with zero attached hydrogens (tertiary/aromatic N) is 2. The van der Waals surface area contributed by atoms with Gasteiger partial charge in [-0.15, -0.1) is 0 Å². The summed E-state index contributed by atoms with van der Waals surface area (Å²) in [7, 11) is 2.03. The van der Waals surface area contributed by atoms with Crippen LogP contribution in [0.15, 0.2) is 18.2 Å². The molecular weight excluding hydrogens is 302 g/mol. The summed E-state index contributed by atoms with van der Waals surface area (Å²) in [4.78, 5) is 29.4. The Morgan fingerprint density at radius 3 is 2.67 bits per heavy atom. The van der Waals surface area contributed by atoms with Crippen LogP contribution in [0, 0.1) is 0 Å². The van der Waals surface area contributed by atoms with E-state index >= 15 is 0 Å². The van der Waals surface area contributed by atoms with Crippen LogP contribution in [-0.2, 0) is 0 Å². The molecule has 128 valence electrons. The molecule has 0 radical (unpaired) electrons. The maximum atomic E-state index is 12.8. The SMILES string of the molecule is CN1c2cc(C(=O)NC3CCCC3)ccc2C(=O)N2CCCC[C@H]21. The molecule has 2 aliphatic heterocycles. The van der Waals surface area contributed by atoms with Crippen molar-refractivity contribution >= 4 is 17.5 Å². The van der Waals surface area contributed by atoms with Crippen LogP contribution >= 0.6 is 0 Å². The van der Waals surface area contributed by atoms with Gasteiger partial charge < -0.3 is 15.1 Å². The van der Waals surface area contributed by atoms with Crippen molar-refractivity contribution < 1.29 is 9.59 Å². The molecule has 1 aliphatic carbocycles. The van der Waals surface area contributed by atoms with Crippen LogP contribution in [0.25, 0.3) is 0 Å². The lowest BCUT2D eigenvalue weighted by atomic mass is 9.97. The molecule has 4 rings (SSSR count). The van der Waals surface area contributed by atoms with Gasteiger partial charge in [0.15, 0.2) is 0 Å². The van der Waals surface area contributed by atoms with E-state index in [9.17, 15) is 9.59 Å². The Morgan fingerprint density at radius 2 is 1.88 bits per heavy atom. The van der Waals surface area contributed by atoms with E-state index in [4.69, 9.17) is 0 Å². The Bertz CT molecular complexity index is 667. The van der Waals surface area contributed by atoms with Gasteiger partial charge in [0.1, 0.15) is 6.17 Å². The lowest BCUT2D eigenvalue weighted by Crippen LogP contribution is -2.55. The molecule has 0 bridgehead atoms. The Labute approximate surface area is 143 Å². The van der Waals surface area contributed by atoms with Gasteiger partial charge in [0.05, 0.1) is 11.3 Å². The minimum Gasteiger partial charge on any atom is -0.354 e. The third-order valence-electron chi connectivity index (χ3n) is 5.74. The minimum atomic E-state index is -0.0170. The predicted molar refractivity (Wildman–Crippen MR) is 93.2 cm³/mol. The van der Waals surface area contributed by atoms with Gasteiger partial charge in [0.25, 0.3) is 11.8 Å². The van der Waals surface area contributed by atoms with Crippen molar-refractivity contribution in [2.75, 3.05) is 18.5 Å². The largest absolute Gasteiger partial charge is 0.354 e. The normalized spacial score (nSPS) is 23.9.